The van der Waals surface area contributed by atoms with Crippen LogP contribution in [0.2, 0.25) is 0 Å². The minimum absolute atomic E-state index is 0.00537. The maximum atomic E-state index is 12.8. The Labute approximate surface area is 358 Å². The van der Waals surface area contributed by atoms with E-state index in [-0.39, 0.29) is 32.9 Å². The highest BCUT2D eigenvalue weighted by molar-refractivity contribution is 7.17. The zero-order valence-electron chi connectivity index (χ0n) is 31.4. The van der Waals surface area contributed by atoms with Crippen molar-refractivity contribution in [2.45, 2.75) is 25.5 Å². The van der Waals surface area contributed by atoms with Crippen LogP contribution in [0.3, 0.4) is 0 Å². The Morgan fingerprint density at radius 3 is 1.46 bits per heavy atom. The van der Waals surface area contributed by atoms with Crippen molar-refractivity contribution in [3.8, 4) is 29.1 Å². The number of fused-ring (bicyclic) bond motifs is 2. The van der Waals surface area contributed by atoms with Gasteiger partial charge in [-0.05, 0) is 43.3 Å². The van der Waals surface area contributed by atoms with Gasteiger partial charge in [-0.15, -0.1) is 34.0 Å². The third kappa shape index (κ3) is 11.7. The van der Waals surface area contributed by atoms with E-state index >= 15 is 0 Å². The number of ether oxygens (including phenoxy) is 1. The molecular formula is C38H24F9N9O4S3. The van der Waals surface area contributed by atoms with E-state index in [2.05, 4.69) is 39.6 Å². The molecule has 25 heteroatoms. The fourth-order valence-corrected chi connectivity index (χ4v) is 7.69. The van der Waals surface area contributed by atoms with Crippen molar-refractivity contribution in [2.75, 3.05) is 12.3 Å². The van der Waals surface area contributed by atoms with Crippen molar-refractivity contribution in [1.82, 2.24) is 34.9 Å². The normalized spacial score (nSPS) is 11.3. The molecule has 0 spiro atoms. The summed E-state index contributed by atoms with van der Waals surface area (Å²) in [5, 5.41) is 9.79. The molecule has 0 atom stereocenters. The Morgan fingerprint density at radius 1 is 0.683 bits per heavy atom. The molecule has 0 saturated heterocycles. The molecule has 0 unspecified atom stereocenters. The predicted octanol–water partition coefficient (Wildman–Crippen LogP) is 9.61. The quantitative estimate of drug-likeness (QED) is 0.112. The number of rotatable bonds is 4. The number of hydrogen-bond acceptors (Lipinski definition) is 14. The number of nitrogen functional groups attached to an aromatic ring is 1. The maximum absolute atomic E-state index is 12.8. The van der Waals surface area contributed by atoms with Crippen molar-refractivity contribution in [2.24, 2.45) is 0 Å². The van der Waals surface area contributed by atoms with Crippen molar-refractivity contribution in [1.29, 1.82) is 5.26 Å². The number of anilines is 1. The summed E-state index contributed by atoms with van der Waals surface area (Å²) >= 11 is 2.24. The van der Waals surface area contributed by atoms with E-state index < -0.39 is 68.6 Å². The molecular weight excluding hydrogens is 914 g/mol. The predicted molar refractivity (Wildman–Crippen MR) is 216 cm³/mol. The van der Waals surface area contributed by atoms with Crippen LogP contribution in [0.15, 0.2) is 98.9 Å². The Bertz CT molecular complexity index is 2840. The molecule has 8 aromatic rings. The number of hydrogen-bond donors (Lipinski definition) is 3. The molecule has 326 valence electrons. The van der Waals surface area contributed by atoms with Gasteiger partial charge in [-0.1, -0.05) is 18.2 Å². The van der Waals surface area contributed by atoms with Gasteiger partial charge in [0.1, 0.15) is 43.4 Å². The molecule has 4 N–H and O–H groups in total. The second kappa shape index (κ2) is 19.8. The second-order valence-corrected chi connectivity index (χ2v) is 14.5. The first-order chi connectivity index (χ1) is 29.7. The van der Waals surface area contributed by atoms with Gasteiger partial charge < -0.3 is 20.4 Å². The van der Waals surface area contributed by atoms with Gasteiger partial charge >= 0.3 is 24.5 Å². The number of carbonyl (C=O) groups is 1. The second-order valence-electron chi connectivity index (χ2n) is 11.8. The molecule has 8 aromatic heterocycles. The molecule has 0 radical (unpaired) electrons. The third-order valence-corrected chi connectivity index (χ3v) is 10.3. The molecule has 0 aromatic carbocycles. The van der Waals surface area contributed by atoms with Crippen molar-refractivity contribution < 1.29 is 49.0 Å². The highest BCUT2D eigenvalue weighted by Crippen LogP contribution is 2.39. The summed E-state index contributed by atoms with van der Waals surface area (Å²) in [7, 11) is 0. The number of nitrogens with two attached hydrogens (primary N) is 1. The van der Waals surface area contributed by atoms with E-state index in [1.165, 1.54) is 19.3 Å². The van der Waals surface area contributed by atoms with E-state index in [0.717, 1.165) is 38.8 Å². The maximum Gasteiger partial charge on any atom is 0.418 e. The third-order valence-electron chi connectivity index (χ3n) is 7.70. The number of aromatic nitrogens is 7. The molecule has 0 aliphatic heterocycles. The number of esters is 1. The molecule has 63 heavy (non-hydrogen) atoms. The van der Waals surface area contributed by atoms with Crippen LogP contribution in [-0.4, -0.2) is 47.5 Å². The first-order valence-electron chi connectivity index (χ1n) is 17.2. The number of pyridine rings is 3. The van der Waals surface area contributed by atoms with Gasteiger partial charge in [0.05, 0.1) is 34.1 Å². The molecule has 0 bridgehead atoms. The number of alkyl halides is 9. The smallest absolute Gasteiger partial charge is 0.418 e. The summed E-state index contributed by atoms with van der Waals surface area (Å²) in [4.78, 5) is 59.6. The van der Waals surface area contributed by atoms with E-state index in [1.54, 1.807) is 60.8 Å². The zero-order chi connectivity index (χ0) is 46.1. The zero-order valence-corrected chi connectivity index (χ0v) is 33.8. The number of halogens is 9. The Hall–Kier alpha value is -7.04. The Balaban J connectivity index is 0.000000165. The minimum Gasteiger partial charge on any atom is -0.462 e. The Kier molecular flexibility index (Phi) is 14.8. The van der Waals surface area contributed by atoms with Gasteiger partial charge in [-0.25, -0.2) is 19.7 Å². The lowest BCUT2D eigenvalue weighted by atomic mass is 10.2. The van der Waals surface area contributed by atoms with Crippen molar-refractivity contribution in [3.05, 3.63) is 138 Å². The van der Waals surface area contributed by atoms with Gasteiger partial charge in [0.25, 0.3) is 11.1 Å². The van der Waals surface area contributed by atoms with Gasteiger partial charge in [0.2, 0.25) is 0 Å². The minimum atomic E-state index is -4.59. The van der Waals surface area contributed by atoms with Gasteiger partial charge in [0.15, 0.2) is 11.6 Å². The van der Waals surface area contributed by atoms with Gasteiger partial charge in [-0.3, -0.25) is 19.6 Å². The van der Waals surface area contributed by atoms with Crippen LogP contribution in [0.5, 0.6) is 0 Å². The molecule has 0 fully saturated rings. The molecule has 13 nitrogen and oxygen atoms in total. The molecule has 8 rings (SSSR count). The van der Waals surface area contributed by atoms with E-state index in [9.17, 15) is 53.9 Å². The summed E-state index contributed by atoms with van der Waals surface area (Å²) < 4.78 is 118. The summed E-state index contributed by atoms with van der Waals surface area (Å²) in [5.74, 6) is -0.735. The van der Waals surface area contributed by atoms with Crippen LogP contribution < -0.4 is 16.9 Å². The van der Waals surface area contributed by atoms with E-state index in [4.69, 9.17) is 11.0 Å². The fourth-order valence-electron chi connectivity index (χ4n) is 4.99. The lowest BCUT2D eigenvalue weighted by molar-refractivity contribution is -0.138. The SMILES string of the molecule is CCOC(=O)c1c(C(F)(F)F)csc1N.N#Cc1ccccn1.O=c1[nH]c(-c2ccccn2)nc2scc(C(F)(F)F)c12.O=c1[nH]c(-c2ccccn2)nc2scc(C(F)(F)F)c12. The number of nitrogens with one attached hydrogen (secondary N) is 2. The highest BCUT2D eigenvalue weighted by Gasteiger charge is 2.39. The number of aromatic amines is 2. The number of nitrogens with zero attached hydrogens (tertiary/aromatic N) is 6. The van der Waals surface area contributed by atoms with Crippen LogP contribution >= 0.6 is 34.0 Å². The van der Waals surface area contributed by atoms with Gasteiger partial charge in [0, 0.05) is 34.7 Å². The van der Waals surface area contributed by atoms with Crippen LogP contribution in [0, 0.1) is 11.3 Å². The molecule has 8 heterocycles. The number of H-pyrrole nitrogens is 2. The van der Waals surface area contributed by atoms with E-state index in [1.807, 2.05) is 6.07 Å². The largest absolute Gasteiger partial charge is 0.462 e. The lowest BCUT2D eigenvalue weighted by Crippen LogP contribution is -2.14. The summed E-state index contributed by atoms with van der Waals surface area (Å²) in [6, 6.07) is 17.1. The van der Waals surface area contributed by atoms with Crippen LogP contribution in [0.25, 0.3) is 43.5 Å². The first-order valence-corrected chi connectivity index (χ1v) is 19.8. The van der Waals surface area contributed by atoms with Crippen molar-refractivity contribution in [3.63, 3.8) is 0 Å². The topological polar surface area (TPSA) is 206 Å². The molecule has 0 aliphatic carbocycles. The number of carbonyl (C=O) groups excluding carboxylic acids is 1. The van der Waals surface area contributed by atoms with Crippen LogP contribution in [0.4, 0.5) is 44.5 Å². The standard InChI is InChI=1S/2C12H6F3N3OS.C8H8F3NO2S.C6H4N2/c2*13-12(14,15)6-5-20-11-8(6)10(19)17-9(18-11)7-3-1-2-4-16-7;1-2-14-7(13)5-4(8(9,10)11)3-15-6(5)12;7-5-6-3-1-2-4-8-6/h2*1-5H,(H,17,18,19);3H,2,12H2,1H3;1-4H. The average Bonchev–Trinajstić information content (AvgIpc) is 4.00. The molecule has 0 amide bonds. The fraction of sp³-hybridized carbons (Fsp3) is 0.132. The van der Waals surface area contributed by atoms with Crippen molar-refractivity contribution >= 4 is 65.4 Å². The summed E-state index contributed by atoms with van der Waals surface area (Å²) in [6.07, 6.45) is -9.11. The average molecular weight is 938 g/mol. The highest BCUT2D eigenvalue weighted by atomic mass is 32.1. The monoisotopic (exact) mass is 937 g/mol. The number of nitriles is 1. The van der Waals surface area contributed by atoms with Crippen LogP contribution in [0.1, 0.15) is 39.7 Å². The Morgan fingerprint density at radius 2 is 1.11 bits per heavy atom. The van der Waals surface area contributed by atoms with Crippen LogP contribution in [-0.2, 0) is 23.3 Å². The van der Waals surface area contributed by atoms with E-state index in [0.29, 0.717) is 28.4 Å². The lowest BCUT2D eigenvalue weighted by Gasteiger charge is -2.07. The molecule has 0 aliphatic rings. The van der Waals surface area contributed by atoms with Gasteiger partial charge in [-0.2, -0.15) is 44.8 Å². The number of thiophene rings is 3. The summed E-state index contributed by atoms with van der Waals surface area (Å²) in [5.41, 5.74) is 1.37. The molecule has 0 saturated carbocycles. The summed E-state index contributed by atoms with van der Waals surface area (Å²) in [6.45, 7) is 1.51. The first kappa shape index (κ1) is 47.0.